The van der Waals surface area contributed by atoms with E-state index in [2.05, 4.69) is 10.5 Å². The van der Waals surface area contributed by atoms with Gasteiger partial charge in [0.2, 0.25) is 0 Å². The maximum atomic E-state index is 11.7. The SMILES string of the molecule is CCc1cc(OCC(=O)Nc2cc(C)on2)ccc1Cl. The van der Waals surface area contributed by atoms with Gasteiger partial charge in [0.05, 0.1) is 0 Å². The zero-order valence-electron chi connectivity index (χ0n) is 11.3. The first kappa shape index (κ1) is 14.4. The number of benzene rings is 1. The minimum absolute atomic E-state index is 0.101. The molecule has 0 aliphatic heterocycles. The highest BCUT2D eigenvalue weighted by molar-refractivity contribution is 6.31. The molecule has 0 saturated carbocycles. The van der Waals surface area contributed by atoms with Crippen LogP contribution >= 0.6 is 11.6 Å². The molecule has 0 unspecified atom stereocenters. The molecule has 2 aromatic rings. The molecule has 1 aromatic heterocycles. The van der Waals surface area contributed by atoms with Crippen LogP contribution in [0.1, 0.15) is 18.2 Å². The maximum absolute atomic E-state index is 11.7. The summed E-state index contributed by atoms with van der Waals surface area (Å²) < 4.78 is 10.3. The highest BCUT2D eigenvalue weighted by Gasteiger charge is 2.08. The number of aryl methyl sites for hydroxylation is 2. The average molecular weight is 295 g/mol. The lowest BCUT2D eigenvalue weighted by molar-refractivity contribution is -0.118. The van der Waals surface area contributed by atoms with Crippen LogP contribution in [-0.2, 0) is 11.2 Å². The average Bonchev–Trinajstić information content (AvgIpc) is 2.83. The lowest BCUT2D eigenvalue weighted by atomic mass is 10.1. The molecule has 0 bridgehead atoms. The van der Waals surface area contributed by atoms with Crippen LogP contribution in [0.15, 0.2) is 28.8 Å². The Morgan fingerprint density at radius 2 is 2.25 bits per heavy atom. The lowest BCUT2D eigenvalue weighted by Gasteiger charge is -2.08. The Morgan fingerprint density at radius 1 is 1.45 bits per heavy atom. The largest absolute Gasteiger partial charge is 0.484 e. The molecule has 0 aliphatic carbocycles. The third kappa shape index (κ3) is 3.74. The van der Waals surface area contributed by atoms with Crippen LogP contribution in [0.25, 0.3) is 0 Å². The fourth-order valence-corrected chi connectivity index (χ4v) is 1.92. The van der Waals surface area contributed by atoms with Crippen molar-refractivity contribution in [3.8, 4) is 5.75 Å². The van der Waals surface area contributed by atoms with Crippen molar-refractivity contribution in [3.63, 3.8) is 0 Å². The second-order valence-electron chi connectivity index (χ2n) is 4.27. The topological polar surface area (TPSA) is 64.4 Å². The number of anilines is 1. The van der Waals surface area contributed by atoms with Gasteiger partial charge < -0.3 is 14.6 Å². The number of rotatable bonds is 5. The monoisotopic (exact) mass is 294 g/mol. The number of amides is 1. The lowest BCUT2D eigenvalue weighted by Crippen LogP contribution is -2.20. The van der Waals surface area contributed by atoms with Gasteiger partial charge in [-0.05, 0) is 37.1 Å². The standard InChI is InChI=1S/C14H15ClN2O3/c1-3-10-7-11(4-5-12(10)15)19-8-14(18)16-13-6-9(2)20-17-13/h4-7H,3,8H2,1-2H3,(H,16,17,18). The van der Waals surface area contributed by atoms with Gasteiger partial charge in [-0.3, -0.25) is 4.79 Å². The predicted octanol–water partition coefficient (Wildman–Crippen LogP) is 3.22. The van der Waals surface area contributed by atoms with Crippen molar-refractivity contribution in [2.45, 2.75) is 20.3 Å². The molecule has 0 fully saturated rings. The van der Waals surface area contributed by atoms with E-state index in [1.807, 2.05) is 13.0 Å². The number of aromatic nitrogens is 1. The smallest absolute Gasteiger partial charge is 0.263 e. The van der Waals surface area contributed by atoms with E-state index < -0.39 is 0 Å². The van der Waals surface area contributed by atoms with Crippen molar-refractivity contribution < 1.29 is 14.1 Å². The number of hydrogen-bond donors (Lipinski definition) is 1. The van der Waals surface area contributed by atoms with Crippen molar-refractivity contribution in [1.82, 2.24) is 5.16 Å². The van der Waals surface area contributed by atoms with Crippen LogP contribution in [0.4, 0.5) is 5.82 Å². The molecule has 1 heterocycles. The van der Waals surface area contributed by atoms with Gasteiger partial charge in [0.1, 0.15) is 11.5 Å². The fraction of sp³-hybridized carbons (Fsp3) is 0.286. The van der Waals surface area contributed by atoms with Crippen LogP contribution < -0.4 is 10.1 Å². The van der Waals surface area contributed by atoms with Crippen molar-refractivity contribution in [3.05, 3.63) is 40.6 Å². The number of nitrogens with zero attached hydrogens (tertiary/aromatic N) is 1. The first-order valence-electron chi connectivity index (χ1n) is 6.23. The summed E-state index contributed by atoms with van der Waals surface area (Å²) in [4.78, 5) is 11.7. The van der Waals surface area contributed by atoms with Crippen LogP contribution in [-0.4, -0.2) is 17.7 Å². The molecule has 20 heavy (non-hydrogen) atoms. The van der Waals surface area contributed by atoms with Gasteiger partial charge in [-0.15, -0.1) is 0 Å². The summed E-state index contributed by atoms with van der Waals surface area (Å²) in [7, 11) is 0. The Morgan fingerprint density at radius 3 is 2.90 bits per heavy atom. The van der Waals surface area contributed by atoms with Gasteiger partial charge in [-0.2, -0.15) is 0 Å². The number of halogens is 1. The Hall–Kier alpha value is -2.01. The van der Waals surface area contributed by atoms with Crippen LogP contribution in [0, 0.1) is 6.92 Å². The van der Waals surface area contributed by atoms with E-state index in [9.17, 15) is 4.79 Å². The van der Waals surface area contributed by atoms with E-state index in [0.29, 0.717) is 22.4 Å². The Balaban J connectivity index is 1.90. The van der Waals surface area contributed by atoms with Crippen LogP contribution in [0.5, 0.6) is 5.75 Å². The second kappa shape index (κ2) is 6.43. The van der Waals surface area contributed by atoms with Gasteiger partial charge in [0, 0.05) is 11.1 Å². The molecule has 0 atom stereocenters. The molecular weight excluding hydrogens is 280 g/mol. The van der Waals surface area contributed by atoms with Crippen molar-refractivity contribution in [2.24, 2.45) is 0 Å². The van der Waals surface area contributed by atoms with Gasteiger partial charge in [0.25, 0.3) is 5.91 Å². The quantitative estimate of drug-likeness (QED) is 0.919. The zero-order valence-corrected chi connectivity index (χ0v) is 12.0. The molecule has 0 radical (unpaired) electrons. The molecule has 6 heteroatoms. The zero-order chi connectivity index (χ0) is 14.5. The Labute approximate surface area is 121 Å². The molecule has 1 amide bonds. The highest BCUT2D eigenvalue weighted by atomic mass is 35.5. The first-order valence-corrected chi connectivity index (χ1v) is 6.60. The van der Waals surface area contributed by atoms with Crippen LogP contribution in [0.2, 0.25) is 5.02 Å². The van der Waals surface area contributed by atoms with E-state index in [1.54, 1.807) is 25.1 Å². The fourth-order valence-electron chi connectivity index (χ4n) is 1.66. The van der Waals surface area contributed by atoms with Gasteiger partial charge >= 0.3 is 0 Å². The maximum Gasteiger partial charge on any atom is 0.263 e. The summed E-state index contributed by atoms with van der Waals surface area (Å²) in [5.74, 6) is 1.32. The number of hydrogen-bond acceptors (Lipinski definition) is 4. The van der Waals surface area contributed by atoms with Gasteiger partial charge in [-0.25, -0.2) is 0 Å². The Bertz CT molecular complexity index is 610. The summed E-state index contributed by atoms with van der Waals surface area (Å²) in [6.45, 7) is 3.65. The number of carbonyl (C=O) groups excluding carboxylic acids is 1. The van der Waals surface area contributed by atoms with E-state index in [4.69, 9.17) is 20.9 Å². The minimum Gasteiger partial charge on any atom is -0.484 e. The summed E-state index contributed by atoms with van der Waals surface area (Å²) in [6, 6.07) is 6.95. The minimum atomic E-state index is -0.300. The molecule has 5 nitrogen and oxygen atoms in total. The molecule has 106 valence electrons. The molecule has 1 aromatic carbocycles. The summed E-state index contributed by atoms with van der Waals surface area (Å²) in [6.07, 6.45) is 0.806. The molecule has 0 spiro atoms. The Kier molecular flexibility index (Phi) is 4.63. The van der Waals surface area contributed by atoms with Crippen LogP contribution in [0.3, 0.4) is 0 Å². The van der Waals surface area contributed by atoms with E-state index in [1.165, 1.54) is 0 Å². The normalized spacial score (nSPS) is 10.3. The highest BCUT2D eigenvalue weighted by Crippen LogP contribution is 2.22. The van der Waals surface area contributed by atoms with Gasteiger partial charge in [0.15, 0.2) is 12.4 Å². The molecule has 2 rings (SSSR count). The van der Waals surface area contributed by atoms with Crippen molar-refractivity contribution in [1.29, 1.82) is 0 Å². The van der Waals surface area contributed by atoms with E-state index >= 15 is 0 Å². The van der Waals surface area contributed by atoms with E-state index in [0.717, 1.165) is 12.0 Å². The van der Waals surface area contributed by atoms with Gasteiger partial charge in [-0.1, -0.05) is 23.7 Å². The number of ether oxygens (including phenoxy) is 1. The third-order valence-corrected chi connectivity index (χ3v) is 3.03. The molecule has 0 saturated heterocycles. The summed E-state index contributed by atoms with van der Waals surface area (Å²) >= 11 is 6.02. The number of carbonyl (C=O) groups is 1. The van der Waals surface area contributed by atoms with Crippen molar-refractivity contribution in [2.75, 3.05) is 11.9 Å². The summed E-state index contributed by atoms with van der Waals surface area (Å²) in [5, 5.41) is 6.94. The predicted molar refractivity (Wildman–Crippen MR) is 76.2 cm³/mol. The van der Waals surface area contributed by atoms with Crippen molar-refractivity contribution >= 4 is 23.3 Å². The van der Waals surface area contributed by atoms with E-state index in [-0.39, 0.29) is 12.5 Å². The summed E-state index contributed by atoms with van der Waals surface area (Å²) in [5.41, 5.74) is 0.983. The second-order valence-corrected chi connectivity index (χ2v) is 4.67. The number of nitrogens with one attached hydrogen (secondary N) is 1. The first-order chi connectivity index (χ1) is 9.58. The molecule has 0 aliphatic rings. The molecule has 1 N–H and O–H groups in total. The molecular formula is C14H15ClN2O3. The third-order valence-electron chi connectivity index (χ3n) is 2.66.